The molecule has 0 saturated heterocycles. The molecular formula is C24H22N2O3. The van der Waals surface area contributed by atoms with Crippen LogP contribution >= 0.6 is 0 Å². The molecule has 5 heteroatoms. The largest absolute Gasteiger partial charge is 0.497 e. The van der Waals surface area contributed by atoms with E-state index in [9.17, 15) is 0 Å². The van der Waals surface area contributed by atoms with E-state index in [2.05, 4.69) is 40.3 Å². The molecule has 0 aliphatic heterocycles. The van der Waals surface area contributed by atoms with E-state index < -0.39 is 0 Å². The number of rotatable bonds is 6. The van der Waals surface area contributed by atoms with Crippen LogP contribution in [0, 0.1) is 0 Å². The first-order chi connectivity index (χ1) is 14.2. The number of fused-ring (bicyclic) bond motifs is 1. The van der Waals surface area contributed by atoms with E-state index in [-0.39, 0.29) is 0 Å². The van der Waals surface area contributed by atoms with Gasteiger partial charge >= 0.3 is 0 Å². The molecular weight excluding hydrogens is 364 g/mol. The van der Waals surface area contributed by atoms with Crippen LogP contribution in [0.25, 0.3) is 22.0 Å². The Morgan fingerprint density at radius 1 is 0.724 bits per heavy atom. The van der Waals surface area contributed by atoms with Gasteiger partial charge in [-0.15, -0.1) is 0 Å². The van der Waals surface area contributed by atoms with E-state index in [1.165, 1.54) is 5.56 Å². The van der Waals surface area contributed by atoms with Crippen LogP contribution in [0.15, 0.2) is 67.0 Å². The molecule has 29 heavy (non-hydrogen) atoms. The number of hydrogen-bond donors (Lipinski definition) is 0. The molecule has 0 atom stereocenters. The number of hydrogen-bond acceptors (Lipinski definition) is 5. The highest BCUT2D eigenvalue weighted by Crippen LogP contribution is 2.33. The Morgan fingerprint density at radius 3 is 2.21 bits per heavy atom. The zero-order valence-corrected chi connectivity index (χ0v) is 16.7. The summed E-state index contributed by atoms with van der Waals surface area (Å²) in [6, 6.07) is 20.3. The maximum absolute atomic E-state index is 5.46. The van der Waals surface area contributed by atoms with E-state index in [1.807, 2.05) is 30.3 Å². The highest BCUT2D eigenvalue weighted by Gasteiger charge is 2.12. The van der Waals surface area contributed by atoms with Crippen molar-refractivity contribution in [1.29, 1.82) is 0 Å². The molecule has 4 aromatic rings. The molecule has 0 bridgehead atoms. The van der Waals surface area contributed by atoms with Crippen molar-refractivity contribution in [3.63, 3.8) is 0 Å². The summed E-state index contributed by atoms with van der Waals surface area (Å²) in [7, 11) is 4.93. The van der Waals surface area contributed by atoms with Gasteiger partial charge in [0.2, 0.25) is 0 Å². The number of methoxy groups -OCH3 is 3. The van der Waals surface area contributed by atoms with Crippen LogP contribution in [0.1, 0.15) is 11.3 Å². The number of nitrogens with zero attached hydrogens (tertiary/aromatic N) is 2. The van der Waals surface area contributed by atoms with Crippen LogP contribution in [-0.4, -0.2) is 31.3 Å². The molecule has 146 valence electrons. The Morgan fingerprint density at radius 2 is 1.45 bits per heavy atom. The lowest BCUT2D eigenvalue weighted by Crippen LogP contribution is -1.98. The molecule has 0 N–H and O–H groups in total. The first-order valence-electron chi connectivity index (χ1n) is 9.31. The number of benzene rings is 3. The minimum atomic E-state index is 0.657. The Balaban J connectivity index is 1.72. The van der Waals surface area contributed by atoms with Crippen molar-refractivity contribution in [3.05, 3.63) is 78.2 Å². The summed E-state index contributed by atoms with van der Waals surface area (Å²) in [6.07, 6.45) is 2.28. The van der Waals surface area contributed by atoms with Gasteiger partial charge in [-0.2, -0.15) is 0 Å². The molecule has 0 amide bonds. The molecule has 0 radical (unpaired) electrons. The second kappa shape index (κ2) is 8.19. The first kappa shape index (κ1) is 18.7. The Bertz CT molecular complexity index is 1160. The van der Waals surface area contributed by atoms with Gasteiger partial charge in [0.25, 0.3) is 0 Å². The lowest BCUT2D eigenvalue weighted by atomic mass is 9.99. The zero-order chi connectivity index (χ0) is 20.2. The maximum Gasteiger partial charge on any atom is 0.162 e. The lowest BCUT2D eigenvalue weighted by Gasteiger charge is -2.11. The van der Waals surface area contributed by atoms with E-state index in [0.29, 0.717) is 17.9 Å². The third-order valence-corrected chi connectivity index (χ3v) is 4.92. The van der Waals surface area contributed by atoms with Crippen molar-refractivity contribution in [2.75, 3.05) is 21.3 Å². The maximum atomic E-state index is 5.46. The van der Waals surface area contributed by atoms with E-state index in [1.54, 1.807) is 27.7 Å². The van der Waals surface area contributed by atoms with Crippen LogP contribution in [0.5, 0.6) is 17.2 Å². The van der Waals surface area contributed by atoms with Gasteiger partial charge in [-0.3, -0.25) is 0 Å². The van der Waals surface area contributed by atoms with Crippen molar-refractivity contribution in [3.8, 4) is 28.4 Å². The minimum absolute atomic E-state index is 0.657. The van der Waals surface area contributed by atoms with Crippen molar-refractivity contribution in [2.45, 2.75) is 6.42 Å². The van der Waals surface area contributed by atoms with Crippen molar-refractivity contribution >= 4 is 10.9 Å². The van der Waals surface area contributed by atoms with Gasteiger partial charge in [0, 0.05) is 17.9 Å². The number of aromatic nitrogens is 2. The zero-order valence-electron chi connectivity index (χ0n) is 16.7. The second-order valence-corrected chi connectivity index (χ2v) is 6.65. The van der Waals surface area contributed by atoms with Crippen LogP contribution in [0.4, 0.5) is 0 Å². The SMILES string of the molecule is COc1cccc(-c2cccc(Cc3ncnc4cc(OC)c(OC)cc34)c2)c1. The Hall–Kier alpha value is -3.60. The Labute approximate surface area is 169 Å². The number of ether oxygens (including phenoxy) is 3. The fraction of sp³-hybridized carbons (Fsp3) is 0.167. The van der Waals surface area contributed by atoms with Gasteiger partial charge in [-0.25, -0.2) is 9.97 Å². The summed E-state index contributed by atoms with van der Waals surface area (Å²) in [5.41, 5.74) is 5.19. The molecule has 3 aromatic carbocycles. The third kappa shape index (κ3) is 3.85. The van der Waals surface area contributed by atoms with Crippen molar-refractivity contribution < 1.29 is 14.2 Å². The first-order valence-corrected chi connectivity index (χ1v) is 9.31. The molecule has 5 nitrogen and oxygen atoms in total. The van der Waals surface area contributed by atoms with E-state index in [0.717, 1.165) is 33.5 Å². The summed E-state index contributed by atoms with van der Waals surface area (Å²) in [5.74, 6) is 2.17. The van der Waals surface area contributed by atoms with Crippen molar-refractivity contribution in [2.24, 2.45) is 0 Å². The summed E-state index contributed by atoms with van der Waals surface area (Å²) in [4.78, 5) is 8.93. The van der Waals surface area contributed by atoms with Crippen LogP contribution in [-0.2, 0) is 6.42 Å². The molecule has 0 aliphatic carbocycles. The molecule has 0 spiro atoms. The average molecular weight is 386 g/mol. The van der Waals surface area contributed by atoms with Gasteiger partial charge in [0.15, 0.2) is 11.5 Å². The summed E-state index contributed by atoms with van der Waals surface area (Å²) in [6.45, 7) is 0. The lowest BCUT2D eigenvalue weighted by molar-refractivity contribution is 0.355. The molecule has 1 aromatic heterocycles. The smallest absolute Gasteiger partial charge is 0.162 e. The van der Waals surface area contributed by atoms with E-state index >= 15 is 0 Å². The van der Waals surface area contributed by atoms with Gasteiger partial charge in [0.1, 0.15) is 12.1 Å². The molecule has 0 unspecified atom stereocenters. The average Bonchev–Trinajstić information content (AvgIpc) is 2.78. The van der Waals surface area contributed by atoms with Crippen LogP contribution in [0.3, 0.4) is 0 Å². The highest BCUT2D eigenvalue weighted by molar-refractivity contribution is 5.85. The molecule has 1 heterocycles. The van der Waals surface area contributed by atoms with Gasteiger partial charge < -0.3 is 14.2 Å². The Kier molecular flexibility index (Phi) is 5.29. The molecule has 4 rings (SSSR count). The second-order valence-electron chi connectivity index (χ2n) is 6.65. The normalized spacial score (nSPS) is 10.7. The predicted octanol–water partition coefficient (Wildman–Crippen LogP) is 4.91. The van der Waals surface area contributed by atoms with Crippen LogP contribution < -0.4 is 14.2 Å². The monoisotopic (exact) mass is 386 g/mol. The van der Waals surface area contributed by atoms with Gasteiger partial charge in [-0.1, -0.05) is 36.4 Å². The quantitative estimate of drug-likeness (QED) is 0.471. The predicted molar refractivity (Wildman–Crippen MR) is 114 cm³/mol. The fourth-order valence-electron chi connectivity index (χ4n) is 3.43. The van der Waals surface area contributed by atoms with Gasteiger partial charge in [-0.05, 0) is 34.9 Å². The standard InChI is InChI=1S/C24H22N2O3/c1-27-19-9-5-8-18(12-19)17-7-4-6-16(10-17)11-21-20-13-23(28-2)24(29-3)14-22(20)26-15-25-21/h4-10,12-15H,11H2,1-3H3. The summed E-state index contributed by atoms with van der Waals surface area (Å²) >= 11 is 0. The van der Waals surface area contributed by atoms with Crippen LogP contribution in [0.2, 0.25) is 0 Å². The topological polar surface area (TPSA) is 53.5 Å². The summed E-state index contributed by atoms with van der Waals surface area (Å²) in [5, 5.41) is 0.955. The minimum Gasteiger partial charge on any atom is -0.497 e. The van der Waals surface area contributed by atoms with Crippen molar-refractivity contribution in [1.82, 2.24) is 9.97 Å². The summed E-state index contributed by atoms with van der Waals surface area (Å²) < 4.78 is 16.2. The molecule has 0 saturated carbocycles. The van der Waals surface area contributed by atoms with Gasteiger partial charge in [0.05, 0.1) is 32.5 Å². The highest BCUT2D eigenvalue weighted by atomic mass is 16.5. The van der Waals surface area contributed by atoms with E-state index in [4.69, 9.17) is 14.2 Å². The molecule has 0 fully saturated rings. The molecule has 0 aliphatic rings. The third-order valence-electron chi connectivity index (χ3n) is 4.92. The fourth-order valence-corrected chi connectivity index (χ4v) is 3.43.